The Morgan fingerprint density at radius 3 is 3.23 bits per heavy atom. The van der Waals surface area contributed by atoms with Crippen LogP contribution in [0.25, 0.3) is 0 Å². The summed E-state index contributed by atoms with van der Waals surface area (Å²) in [5, 5.41) is 4.20. The van der Waals surface area contributed by atoms with Gasteiger partial charge in [0.2, 0.25) is 0 Å². The second-order valence-electron chi connectivity index (χ2n) is 3.28. The summed E-state index contributed by atoms with van der Waals surface area (Å²) in [4.78, 5) is 1.39. The van der Waals surface area contributed by atoms with Crippen LogP contribution in [0.15, 0.2) is 23.1 Å². The van der Waals surface area contributed by atoms with E-state index in [1.54, 1.807) is 0 Å². The monoisotopic (exact) mass is 305 g/mol. The first-order valence-electron chi connectivity index (χ1n) is 4.46. The Kier molecular flexibility index (Phi) is 3.03. The molecule has 1 nitrogen and oxygen atoms in total. The van der Waals surface area contributed by atoms with E-state index in [1.807, 2.05) is 11.8 Å². The number of benzene rings is 1. The van der Waals surface area contributed by atoms with Crippen molar-refractivity contribution in [1.29, 1.82) is 0 Å². The minimum absolute atomic E-state index is 0.730. The molecule has 13 heavy (non-hydrogen) atoms. The van der Waals surface area contributed by atoms with Crippen LogP contribution in [0.5, 0.6) is 0 Å². The summed E-state index contributed by atoms with van der Waals surface area (Å²) < 4.78 is 1.30. The maximum atomic E-state index is 3.47. The SMILES string of the molecule is CC1CCNc2cc(I)ccc2S1. The number of hydrogen-bond donors (Lipinski definition) is 1. The standard InChI is InChI=1S/C10H12INS/c1-7-4-5-12-9-6-8(11)2-3-10(9)13-7/h2-3,6-7,12H,4-5H2,1H3. The van der Waals surface area contributed by atoms with Gasteiger partial charge >= 0.3 is 0 Å². The molecule has 1 heterocycles. The fourth-order valence-corrected chi connectivity index (χ4v) is 2.99. The van der Waals surface area contributed by atoms with Gasteiger partial charge in [0, 0.05) is 25.9 Å². The van der Waals surface area contributed by atoms with Crippen LogP contribution in [0.1, 0.15) is 13.3 Å². The highest BCUT2D eigenvalue weighted by molar-refractivity contribution is 14.1. The lowest BCUT2D eigenvalue weighted by molar-refractivity contribution is 0.860. The Bertz CT molecular complexity index is 314. The van der Waals surface area contributed by atoms with Crippen LogP contribution in [0.4, 0.5) is 5.69 Å². The lowest BCUT2D eigenvalue weighted by Crippen LogP contribution is -2.03. The predicted molar refractivity (Wildman–Crippen MR) is 67.6 cm³/mol. The topological polar surface area (TPSA) is 12.0 Å². The Morgan fingerprint density at radius 2 is 2.38 bits per heavy atom. The summed E-state index contributed by atoms with van der Waals surface area (Å²) in [5.74, 6) is 0. The van der Waals surface area contributed by atoms with Gasteiger partial charge in [-0.15, -0.1) is 11.8 Å². The smallest absolute Gasteiger partial charge is 0.0489 e. The van der Waals surface area contributed by atoms with Crippen LogP contribution in [-0.2, 0) is 0 Å². The minimum atomic E-state index is 0.730. The molecule has 70 valence electrons. The zero-order valence-electron chi connectivity index (χ0n) is 7.51. The van der Waals surface area contributed by atoms with Crippen molar-refractivity contribution >= 4 is 40.0 Å². The molecule has 0 saturated carbocycles. The molecular formula is C10H12INS. The molecule has 1 unspecified atom stereocenters. The van der Waals surface area contributed by atoms with Crippen molar-refractivity contribution in [1.82, 2.24) is 0 Å². The Balaban J connectivity index is 2.34. The van der Waals surface area contributed by atoms with Crippen molar-refractivity contribution in [3.8, 4) is 0 Å². The van der Waals surface area contributed by atoms with Gasteiger partial charge in [-0.2, -0.15) is 0 Å². The molecule has 0 fully saturated rings. The van der Waals surface area contributed by atoms with E-state index in [4.69, 9.17) is 0 Å². The molecule has 1 aromatic carbocycles. The second kappa shape index (κ2) is 4.09. The van der Waals surface area contributed by atoms with Gasteiger partial charge in [0.1, 0.15) is 0 Å². The van der Waals surface area contributed by atoms with Crippen LogP contribution in [0.2, 0.25) is 0 Å². The second-order valence-corrected chi connectivity index (χ2v) is 6.01. The van der Waals surface area contributed by atoms with Gasteiger partial charge in [-0.3, -0.25) is 0 Å². The third kappa shape index (κ3) is 2.31. The number of fused-ring (bicyclic) bond motifs is 1. The maximum absolute atomic E-state index is 3.47. The number of halogens is 1. The molecule has 0 saturated heterocycles. The zero-order valence-corrected chi connectivity index (χ0v) is 10.5. The first kappa shape index (κ1) is 9.65. The van der Waals surface area contributed by atoms with Gasteiger partial charge in [0.25, 0.3) is 0 Å². The molecule has 0 spiro atoms. The van der Waals surface area contributed by atoms with E-state index in [0.29, 0.717) is 0 Å². The molecule has 0 aromatic heterocycles. The number of thioether (sulfide) groups is 1. The summed E-state index contributed by atoms with van der Waals surface area (Å²) in [6.07, 6.45) is 1.25. The molecule has 1 aromatic rings. The molecular weight excluding hydrogens is 293 g/mol. The van der Waals surface area contributed by atoms with Crippen molar-refractivity contribution in [2.45, 2.75) is 23.5 Å². The predicted octanol–water partition coefficient (Wildman–Crippen LogP) is 3.59. The van der Waals surface area contributed by atoms with Gasteiger partial charge in [-0.25, -0.2) is 0 Å². The molecule has 1 aliphatic rings. The molecule has 2 rings (SSSR count). The largest absolute Gasteiger partial charge is 0.384 e. The molecule has 0 amide bonds. The Morgan fingerprint density at radius 1 is 1.54 bits per heavy atom. The molecule has 1 atom stereocenters. The van der Waals surface area contributed by atoms with Crippen LogP contribution in [0, 0.1) is 3.57 Å². The van der Waals surface area contributed by atoms with Crippen LogP contribution < -0.4 is 5.32 Å². The van der Waals surface area contributed by atoms with E-state index >= 15 is 0 Å². The molecule has 0 bridgehead atoms. The van der Waals surface area contributed by atoms with E-state index in [0.717, 1.165) is 11.8 Å². The quantitative estimate of drug-likeness (QED) is 0.735. The molecule has 1 aliphatic heterocycles. The van der Waals surface area contributed by atoms with Gasteiger partial charge < -0.3 is 5.32 Å². The van der Waals surface area contributed by atoms with Crippen molar-refractivity contribution < 1.29 is 0 Å². The third-order valence-corrected chi connectivity index (χ3v) is 4.06. The fourth-order valence-electron chi connectivity index (χ4n) is 1.43. The van der Waals surface area contributed by atoms with E-state index in [-0.39, 0.29) is 0 Å². The van der Waals surface area contributed by atoms with Crippen LogP contribution in [0.3, 0.4) is 0 Å². The van der Waals surface area contributed by atoms with Gasteiger partial charge in [0.15, 0.2) is 0 Å². The first-order valence-corrected chi connectivity index (χ1v) is 6.41. The van der Waals surface area contributed by atoms with Gasteiger partial charge in [-0.1, -0.05) is 6.92 Å². The van der Waals surface area contributed by atoms with Crippen molar-refractivity contribution in [3.05, 3.63) is 21.8 Å². The zero-order chi connectivity index (χ0) is 9.26. The van der Waals surface area contributed by atoms with Crippen molar-refractivity contribution in [2.75, 3.05) is 11.9 Å². The summed E-state index contributed by atoms with van der Waals surface area (Å²) in [5.41, 5.74) is 1.31. The average Bonchev–Trinajstić information content (AvgIpc) is 2.25. The summed E-state index contributed by atoms with van der Waals surface area (Å²) >= 11 is 4.33. The highest BCUT2D eigenvalue weighted by Gasteiger charge is 2.12. The third-order valence-electron chi connectivity index (χ3n) is 2.14. The number of nitrogens with one attached hydrogen (secondary N) is 1. The fraction of sp³-hybridized carbons (Fsp3) is 0.400. The minimum Gasteiger partial charge on any atom is -0.384 e. The van der Waals surface area contributed by atoms with Gasteiger partial charge in [-0.05, 0) is 47.2 Å². The lowest BCUT2D eigenvalue weighted by Gasteiger charge is -2.07. The normalized spacial score (nSPS) is 21.5. The summed E-state index contributed by atoms with van der Waals surface area (Å²) in [7, 11) is 0. The number of anilines is 1. The van der Waals surface area contributed by atoms with Gasteiger partial charge in [0.05, 0.1) is 0 Å². The Hall–Kier alpha value is 0.1000. The molecule has 0 aliphatic carbocycles. The lowest BCUT2D eigenvalue weighted by atomic mass is 10.3. The summed E-state index contributed by atoms with van der Waals surface area (Å²) in [6, 6.07) is 6.61. The Labute approximate surface area is 96.8 Å². The van der Waals surface area contributed by atoms with E-state index < -0.39 is 0 Å². The van der Waals surface area contributed by atoms with Crippen molar-refractivity contribution in [3.63, 3.8) is 0 Å². The van der Waals surface area contributed by atoms with E-state index in [2.05, 4.69) is 53.0 Å². The van der Waals surface area contributed by atoms with Crippen LogP contribution in [-0.4, -0.2) is 11.8 Å². The highest BCUT2D eigenvalue weighted by atomic mass is 127. The number of rotatable bonds is 0. The number of hydrogen-bond acceptors (Lipinski definition) is 2. The van der Waals surface area contributed by atoms with E-state index in [1.165, 1.54) is 20.6 Å². The maximum Gasteiger partial charge on any atom is 0.0489 e. The molecule has 1 N–H and O–H groups in total. The molecule has 0 radical (unpaired) electrons. The summed E-state index contributed by atoms with van der Waals surface area (Å²) in [6.45, 7) is 3.39. The van der Waals surface area contributed by atoms with Crippen molar-refractivity contribution in [2.24, 2.45) is 0 Å². The first-order chi connectivity index (χ1) is 6.25. The van der Waals surface area contributed by atoms with E-state index in [9.17, 15) is 0 Å². The average molecular weight is 305 g/mol. The highest BCUT2D eigenvalue weighted by Crippen LogP contribution is 2.35. The van der Waals surface area contributed by atoms with Crippen LogP contribution >= 0.6 is 34.4 Å². The molecule has 3 heteroatoms.